The summed E-state index contributed by atoms with van der Waals surface area (Å²) in [6, 6.07) is -6.75. The lowest BCUT2D eigenvalue weighted by Gasteiger charge is -2.30. The zero-order chi connectivity index (χ0) is 42.6. The Hall–Kier alpha value is -4.32. The lowest BCUT2D eigenvalue weighted by atomic mass is 9.94. The minimum atomic E-state index is -1.52. The first-order valence-corrected chi connectivity index (χ1v) is 19.3. The molecule has 0 saturated heterocycles. The second kappa shape index (κ2) is 25.7. The minimum absolute atomic E-state index is 0.0106. The number of carbonyl (C=O) groups is 8. The van der Waals surface area contributed by atoms with E-state index < -0.39 is 115 Å². The van der Waals surface area contributed by atoms with Crippen molar-refractivity contribution in [2.24, 2.45) is 35.3 Å². The van der Waals surface area contributed by atoms with Crippen LogP contribution in [0.2, 0.25) is 0 Å². The highest BCUT2D eigenvalue weighted by molar-refractivity contribution is 5.97. The van der Waals surface area contributed by atoms with E-state index in [-0.39, 0.29) is 30.6 Å². The van der Waals surface area contributed by atoms with Gasteiger partial charge in [0.2, 0.25) is 41.4 Å². The van der Waals surface area contributed by atoms with E-state index in [4.69, 9.17) is 10.8 Å². The Bertz CT molecular complexity index is 1300. The molecule has 0 aromatic rings. The molecule has 0 unspecified atom stereocenters. The molecule has 0 bridgehead atoms. The quantitative estimate of drug-likeness (QED) is 0.0522. The SMILES string of the molecule is CC[C@H](C)[C@H](N)C(=O)N[C@@H](CC(C)C)C(=O)NCC(=O)N[C@@H](CO)C(=O)N[C@H](C(=O)N[C@H](C(=O)N[C@@H](CC(C)C)C(=O)NCC(=O)O)[C@@H](C)CC)[C@@H](C)CC. The van der Waals surface area contributed by atoms with E-state index in [2.05, 4.69) is 37.2 Å². The summed E-state index contributed by atoms with van der Waals surface area (Å²) in [5.74, 6) is -7.26. The van der Waals surface area contributed by atoms with Crippen molar-refractivity contribution in [3.8, 4) is 0 Å². The molecule has 0 radical (unpaired) electrons. The van der Waals surface area contributed by atoms with Crippen molar-refractivity contribution in [1.29, 1.82) is 0 Å². The molecule has 316 valence electrons. The van der Waals surface area contributed by atoms with Crippen LogP contribution in [-0.2, 0) is 38.4 Å². The zero-order valence-electron chi connectivity index (χ0n) is 34.2. The maximum atomic E-state index is 13.7. The fraction of sp³-hybridized carbons (Fsp3) is 0.784. The Morgan fingerprint density at radius 3 is 1.31 bits per heavy atom. The number of aliphatic hydroxyl groups is 1. The van der Waals surface area contributed by atoms with Crippen molar-refractivity contribution < 1.29 is 48.6 Å². The van der Waals surface area contributed by atoms with Gasteiger partial charge in [-0.2, -0.15) is 0 Å². The van der Waals surface area contributed by atoms with Crippen LogP contribution < -0.4 is 43.0 Å². The molecule has 11 N–H and O–H groups in total. The summed E-state index contributed by atoms with van der Waals surface area (Å²) in [5, 5.41) is 36.6. The van der Waals surface area contributed by atoms with Gasteiger partial charge in [0.15, 0.2) is 0 Å². The molecule has 18 nitrogen and oxygen atoms in total. The summed E-state index contributed by atoms with van der Waals surface area (Å²) >= 11 is 0. The molecule has 0 aliphatic carbocycles. The molecule has 0 aliphatic rings. The molecule has 7 amide bonds. The van der Waals surface area contributed by atoms with Gasteiger partial charge in [-0.3, -0.25) is 38.4 Å². The maximum absolute atomic E-state index is 13.7. The lowest BCUT2D eigenvalue weighted by molar-refractivity contribution is -0.139. The fourth-order valence-electron chi connectivity index (χ4n) is 5.36. The minimum Gasteiger partial charge on any atom is -0.480 e. The number of aliphatic hydroxyl groups excluding tert-OH is 1. The standard InChI is InChI=1S/C37H68N8O10/c1-11-21(8)29(38)35(53)42-24(14-19(4)5)32(50)39-16-27(47)41-26(18-46)34(52)44-31(23(10)13-3)37(55)45-30(22(9)12-2)36(54)43-25(15-20(6)7)33(51)40-17-28(48)49/h19-26,29-31,46H,11-18,38H2,1-10H3,(H,39,50)(H,40,51)(H,41,47)(H,42,53)(H,43,54)(H,44,52)(H,45,55)(H,48,49)/t21-,22-,23-,24-,25-,26-,29-,30-,31-/m0/s1. The van der Waals surface area contributed by atoms with Crippen LogP contribution in [0, 0.1) is 29.6 Å². The van der Waals surface area contributed by atoms with Crippen LogP contribution in [0.15, 0.2) is 0 Å². The van der Waals surface area contributed by atoms with Crippen molar-refractivity contribution in [1.82, 2.24) is 37.2 Å². The van der Waals surface area contributed by atoms with E-state index in [0.717, 1.165) is 0 Å². The summed E-state index contributed by atoms with van der Waals surface area (Å²) in [4.78, 5) is 103. The first-order chi connectivity index (χ1) is 25.6. The Morgan fingerprint density at radius 2 is 0.909 bits per heavy atom. The van der Waals surface area contributed by atoms with E-state index in [0.29, 0.717) is 19.3 Å². The van der Waals surface area contributed by atoms with E-state index >= 15 is 0 Å². The molecule has 0 fully saturated rings. The Balaban J connectivity index is 5.84. The molecule has 0 spiro atoms. The molecular formula is C37H68N8O10. The van der Waals surface area contributed by atoms with Crippen LogP contribution in [0.25, 0.3) is 0 Å². The van der Waals surface area contributed by atoms with Gasteiger partial charge in [0.05, 0.1) is 19.2 Å². The lowest BCUT2D eigenvalue weighted by Crippen LogP contribution is -2.61. The van der Waals surface area contributed by atoms with Crippen LogP contribution >= 0.6 is 0 Å². The highest BCUT2D eigenvalue weighted by atomic mass is 16.4. The number of amides is 7. The van der Waals surface area contributed by atoms with Crippen LogP contribution in [0.3, 0.4) is 0 Å². The number of carboxylic acid groups (broad SMARTS) is 1. The first kappa shape index (κ1) is 50.7. The molecular weight excluding hydrogens is 716 g/mol. The number of carboxylic acids is 1. The number of nitrogens with one attached hydrogen (secondary N) is 7. The Labute approximate surface area is 325 Å². The molecule has 0 heterocycles. The zero-order valence-corrected chi connectivity index (χ0v) is 34.2. The van der Waals surface area contributed by atoms with Gasteiger partial charge in [-0.15, -0.1) is 0 Å². The van der Waals surface area contributed by atoms with Crippen LogP contribution in [0.5, 0.6) is 0 Å². The molecule has 0 saturated carbocycles. The summed E-state index contributed by atoms with van der Waals surface area (Å²) in [6.45, 7) is 16.0. The number of aliphatic carboxylic acids is 1. The molecule has 0 aromatic heterocycles. The summed E-state index contributed by atoms with van der Waals surface area (Å²) < 4.78 is 0. The maximum Gasteiger partial charge on any atom is 0.322 e. The predicted molar refractivity (Wildman–Crippen MR) is 206 cm³/mol. The van der Waals surface area contributed by atoms with Gasteiger partial charge < -0.3 is 53.2 Å². The summed E-state index contributed by atoms with van der Waals surface area (Å²) in [5.41, 5.74) is 6.03. The second-order valence-corrected chi connectivity index (χ2v) is 15.2. The Morgan fingerprint density at radius 1 is 0.509 bits per heavy atom. The number of nitrogens with two attached hydrogens (primary N) is 1. The van der Waals surface area contributed by atoms with Gasteiger partial charge in [0.1, 0.15) is 36.8 Å². The average Bonchev–Trinajstić information content (AvgIpc) is 3.13. The molecule has 9 atom stereocenters. The van der Waals surface area contributed by atoms with Crippen molar-refractivity contribution in [3.05, 3.63) is 0 Å². The third-order valence-electron chi connectivity index (χ3n) is 9.50. The van der Waals surface area contributed by atoms with Crippen molar-refractivity contribution >= 4 is 47.3 Å². The predicted octanol–water partition coefficient (Wildman–Crippen LogP) is -0.722. The van der Waals surface area contributed by atoms with Crippen LogP contribution in [0.1, 0.15) is 101 Å². The van der Waals surface area contributed by atoms with Crippen LogP contribution in [-0.4, -0.2) is 113 Å². The topological polar surface area (TPSA) is 287 Å². The smallest absolute Gasteiger partial charge is 0.322 e. The van der Waals surface area contributed by atoms with Gasteiger partial charge in [0.25, 0.3) is 0 Å². The third kappa shape index (κ3) is 18.7. The number of carbonyl (C=O) groups excluding carboxylic acids is 7. The largest absolute Gasteiger partial charge is 0.480 e. The first-order valence-electron chi connectivity index (χ1n) is 19.3. The van der Waals surface area contributed by atoms with Gasteiger partial charge in [-0.05, 0) is 42.4 Å². The second-order valence-electron chi connectivity index (χ2n) is 15.2. The van der Waals surface area contributed by atoms with Crippen molar-refractivity contribution in [2.75, 3.05) is 19.7 Å². The van der Waals surface area contributed by atoms with Gasteiger partial charge >= 0.3 is 5.97 Å². The normalized spacial score (nSPS) is 16.2. The summed E-state index contributed by atoms with van der Waals surface area (Å²) in [6.07, 6.45) is 1.99. The number of hydrogen-bond donors (Lipinski definition) is 10. The van der Waals surface area contributed by atoms with E-state index in [9.17, 15) is 43.5 Å². The van der Waals surface area contributed by atoms with Crippen molar-refractivity contribution in [3.63, 3.8) is 0 Å². The molecule has 0 aliphatic heterocycles. The highest BCUT2D eigenvalue weighted by Crippen LogP contribution is 2.14. The average molecular weight is 785 g/mol. The van der Waals surface area contributed by atoms with Crippen LogP contribution in [0.4, 0.5) is 0 Å². The Kier molecular flexibility index (Phi) is 23.7. The van der Waals surface area contributed by atoms with E-state index in [1.165, 1.54) is 0 Å². The summed E-state index contributed by atoms with van der Waals surface area (Å²) in [7, 11) is 0. The van der Waals surface area contributed by atoms with Gasteiger partial charge in [0, 0.05) is 0 Å². The van der Waals surface area contributed by atoms with Gasteiger partial charge in [-0.25, -0.2) is 0 Å². The molecule has 55 heavy (non-hydrogen) atoms. The highest BCUT2D eigenvalue weighted by Gasteiger charge is 2.35. The third-order valence-corrected chi connectivity index (χ3v) is 9.50. The fourth-order valence-corrected chi connectivity index (χ4v) is 5.36. The number of rotatable bonds is 26. The number of hydrogen-bond acceptors (Lipinski definition) is 10. The van der Waals surface area contributed by atoms with Crippen molar-refractivity contribution in [2.45, 2.75) is 138 Å². The molecule has 18 heteroatoms. The van der Waals surface area contributed by atoms with E-state index in [1.807, 2.05) is 41.5 Å². The monoisotopic (exact) mass is 785 g/mol. The molecule has 0 rings (SSSR count). The van der Waals surface area contributed by atoms with Gasteiger partial charge in [-0.1, -0.05) is 88.5 Å². The van der Waals surface area contributed by atoms with E-state index in [1.54, 1.807) is 27.7 Å². The molecule has 0 aromatic carbocycles.